The van der Waals surface area contributed by atoms with Gasteiger partial charge in [0.25, 0.3) is 0 Å². The first-order chi connectivity index (χ1) is 3.39. The minimum Gasteiger partial charge on any atom is -0.207 e. The van der Waals surface area contributed by atoms with E-state index in [-0.39, 0.29) is 45.9 Å². The van der Waals surface area contributed by atoms with Gasteiger partial charge in [0.2, 0.25) is 0 Å². The van der Waals surface area contributed by atoms with Gasteiger partial charge in [-0.05, 0) is 12.1 Å². The molecule has 0 nitrogen and oxygen atoms in total. The summed E-state index contributed by atoms with van der Waals surface area (Å²) in [6, 6.07) is 7.94. The van der Waals surface area contributed by atoms with E-state index in [0.29, 0.717) is 0 Å². The summed E-state index contributed by atoms with van der Waals surface area (Å²) in [6.07, 6.45) is 0. The normalized spacial score (nSPS) is 6.78. The van der Waals surface area contributed by atoms with E-state index < -0.39 is 0 Å². The Morgan fingerprint density at radius 2 is 1.44 bits per heavy atom. The minimum absolute atomic E-state index is 0. The van der Waals surface area contributed by atoms with E-state index in [2.05, 4.69) is 0 Å². The maximum Gasteiger partial charge on any atom is 0.316 e. The molecule has 0 fully saturated rings. The van der Waals surface area contributed by atoms with Gasteiger partial charge in [-0.25, -0.2) is 4.39 Å². The highest BCUT2D eigenvalue weighted by molar-refractivity contribution is 8.93. The molecule has 0 atom stereocenters. The lowest BCUT2D eigenvalue weighted by atomic mass is 10.4. The van der Waals surface area contributed by atoms with Crippen LogP contribution in [0.25, 0.3) is 0 Å². The fraction of sp³-hybridized carbons (Fsp3) is 0. The largest absolute Gasteiger partial charge is 0.316 e. The van der Waals surface area contributed by atoms with Crippen LogP contribution in [-0.4, -0.2) is 23.1 Å². The van der Waals surface area contributed by atoms with Gasteiger partial charge in [0.1, 0.15) is 5.82 Å². The van der Waals surface area contributed by atoms with E-state index in [4.69, 9.17) is 0 Å². The molecule has 9 heavy (non-hydrogen) atoms. The van der Waals surface area contributed by atoms with Gasteiger partial charge in [-0.3, -0.25) is 0 Å². The van der Waals surface area contributed by atoms with Crippen molar-refractivity contribution in [3.63, 3.8) is 0 Å². The number of rotatable bonds is 0. The van der Waals surface area contributed by atoms with Crippen molar-refractivity contribution >= 4 is 40.0 Å². The van der Waals surface area contributed by atoms with Crippen molar-refractivity contribution in [3.8, 4) is 0 Å². The van der Waals surface area contributed by atoms with Crippen molar-refractivity contribution in [1.82, 2.24) is 0 Å². The fourth-order valence-corrected chi connectivity index (χ4v) is 0.415. The second-order valence-electron chi connectivity index (χ2n) is 1.30. The highest BCUT2D eigenvalue weighted by Crippen LogP contribution is 1.91. The monoisotopic (exact) mass is 202 g/mol. The Labute approximate surface area is 80.4 Å². The lowest BCUT2D eigenvalue weighted by Gasteiger charge is -1.78. The number of hydrogen-bond donors (Lipinski definition) is 0. The SMILES string of the molecule is Br.Fc1ccccc1.[MgH2]. The van der Waals surface area contributed by atoms with Crippen LogP contribution in [0.5, 0.6) is 0 Å². The van der Waals surface area contributed by atoms with Crippen LogP contribution in [0.3, 0.4) is 0 Å². The van der Waals surface area contributed by atoms with Crippen LogP contribution in [0.2, 0.25) is 0 Å². The molecule has 0 unspecified atom stereocenters. The van der Waals surface area contributed by atoms with Crippen molar-refractivity contribution in [2.24, 2.45) is 0 Å². The molecular weight excluding hydrogens is 195 g/mol. The molecule has 0 aliphatic heterocycles. The molecule has 0 heterocycles. The van der Waals surface area contributed by atoms with Crippen molar-refractivity contribution in [3.05, 3.63) is 36.1 Å². The highest BCUT2D eigenvalue weighted by atomic mass is 79.9. The third-order valence-electron chi connectivity index (χ3n) is 0.733. The molecule has 0 N–H and O–H groups in total. The summed E-state index contributed by atoms with van der Waals surface area (Å²) in [6.45, 7) is 0. The highest BCUT2D eigenvalue weighted by Gasteiger charge is 1.77. The first-order valence-corrected chi connectivity index (χ1v) is 2.10. The average Bonchev–Trinajstić information content (AvgIpc) is 1.69. The van der Waals surface area contributed by atoms with Crippen LogP contribution >= 0.6 is 17.0 Å². The molecule has 48 valence electrons. The van der Waals surface area contributed by atoms with E-state index in [1.807, 2.05) is 0 Å². The topological polar surface area (TPSA) is 0 Å². The van der Waals surface area contributed by atoms with Gasteiger partial charge < -0.3 is 0 Å². The molecule has 0 aromatic heterocycles. The summed E-state index contributed by atoms with van der Waals surface area (Å²) in [5.74, 6) is -0.178. The lowest BCUT2D eigenvalue weighted by Crippen LogP contribution is -1.63. The summed E-state index contributed by atoms with van der Waals surface area (Å²) >= 11 is 0. The Morgan fingerprint density at radius 1 is 1.00 bits per heavy atom. The fourth-order valence-electron chi connectivity index (χ4n) is 0.415. The Morgan fingerprint density at radius 3 is 1.67 bits per heavy atom. The molecule has 0 saturated carbocycles. The summed E-state index contributed by atoms with van der Waals surface area (Å²) in [5.41, 5.74) is 0. The molecule has 0 aliphatic carbocycles. The molecule has 0 saturated heterocycles. The van der Waals surface area contributed by atoms with E-state index in [9.17, 15) is 4.39 Å². The molecule has 0 aliphatic rings. The van der Waals surface area contributed by atoms with Crippen LogP contribution in [0.1, 0.15) is 0 Å². The third-order valence-corrected chi connectivity index (χ3v) is 0.733. The number of hydrogen-bond acceptors (Lipinski definition) is 0. The molecule has 0 amide bonds. The van der Waals surface area contributed by atoms with Crippen molar-refractivity contribution in [2.75, 3.05) is 0 Å². The average molecular weight is 203 g/mol. The predicted molar refractivity (Wildman–Crippen MR) is 45.3 cm³/mol. The first kappa shape index (κ1) is 12.1. The maximum absolute atomic E-state index is 11.9. The van der Waals surface area contributed by atoms with Crippen LogP contribution in [-0.2, 0) is 0 Å². The van der Waals surface area contributed by atoms with Crippen molar-refractivity contribution < 1.29 is 4.39 Å². The zero-order valence-electron chi connectivity index (χ0n) is 4.17. The number of halogens is 2. The zero-order valence-corrected chi connectivity index (χ0v) is 5.89. The number of benzene rings is 1. The van der Waals surface area contributed by atoms with Crippen LogP contribution in [0.15, 0.2) is 30.3 Å². The van der Waals surface area contributed by atoms with E-state index in [0.717, 1.165) is 0 Å². The molecule has 0 bridgehead atoms. The first-order valence-electron chi connectivity index (χ1n) is 2.10. The van der Waals surface area contributed by atoms with Gasteiger partial charge in [-0.2, -0.15) is 0 Å². The van der Waals surface area contributed by atoms with E-state index >= 15 is 0 Å². The molecule has 3 heteroatoms. The smallest absolute Gasteiger partial charge is 0.207 e. The minimum atomic E-state index is -0.178. The Balaban J connectivity index is 0. The van der Waals surface area contributed by atoms with Crippen LogP contribution in [0.4, 0.5) is 4.39 Å². The molecule has 0 radical (unpaired) electrons. The second kappa shape index (κ2) is 6.52. The van der Waals surface area contributed by atoms with Gasteiger partial charge >= 0.3 is 23.1 Å². The third kappa shape index (κ3) is 4.87. The van der Waals surface area contributed by atoms with Gasteiger partial charge in [0, 0.05) is 0 Å². The molecular formula is C6H8BrFMg. The summed E-state index contributed by atoms with van der Waals surface area (Å²) in [4.78, 5) is 0. The Bertz CT molecular complexity index is 143. The van der Waals surface area contributed by atoms with Gasteiger partial charge in [0.05, 0.1) is 0 Å². The molecule has 1 aromatic rings. The van der Waals surface area contributed by atoms with E-state index in [1.165, 1.54) is 12.1 Å². The molecule has 0 spiro atoms. The van der Waals surface area contributed by atoms with Gasteiger partial charge in [-0.15, -0.1) is 17.0 Å². The predicted octanol–water partition coefficient (Wildman–Crippen LogP) is 1.49. The van der Waals surface area contributed by atoms with Crippen LogP contribution < -0.4 is 0 Å². The Kier molecular flexibility index (Phi) is 8.77. The summed E-state index contributed by atoms with van der Waals surface area (Å²) in [7, 11) is 0. The Hall–Kier alpha value is 0.396. The zero-order chi connectivity index (χ0) is 5.11. The standard InChI is InChI=1S/C6H5F.BrH.Mg.2H/c7-6-4-2-1-3-5-6;;;;/h1-5H;1H;;;. The summed E-state index contributed by atoms with van der Waals surface area (Å²) in [5, 5.41) is 0. The van der Waals surface area contributed by atoms with Crippen molar-refractivity contribution in [2.45, 2.75) is 0 Å². The van der Waals surface area contributed by atoms with Crippen LogP contribution in [0, 0.1) is 5.82 Å². The quantitative estimate of drug-likeness (QED) is 0.560. The second-order valence-corrected chi connectivity index (χ2v) is 1.30. The van der Waals surface area contributed by atoms with Crippen molar-refractivity contribution in [1.29, 1.82) is 0 Å². The maximum atomic E-state index is 11.9. The van der Waals surface area contributed by atoms with Gasteiger partial charge in [-0.1, -0.05) is 18.2 Å². The summed E-state index contributed by atoms with van der Waals surface area (Å²) < 4.78 is 11.9. The van der Waals surface area contributed by atoms with Gasteiger partial charge in [0.15, 0.2) is 0 Å². The molecule has 1 rings (SSSR count). The molecule has 1 aromatic carbocycles. The lowest BCUT2D eigenvalue weighted by molar-refractivity contribution is 0.628. The van der Waals surface area contributed by atoms with E-state index in [1.54, 1.807) is 18.2 Å².